The van der Waals surface area contributed by atoms with Gasteiger partial charge in [0.15, 0.2) is 0 Å². The predicted molar refractivity (Wildman–Crippen MR) is 51.3 cm³/mol. The number of rotatable bonds is 6. The van der Waals surface area contributed by atoms with E-state index < -0.39 is 9.84 Å². The zero-order chi connectivity index (χ0) is 10.3. The standard InChI is InChI=1S/C7H16N2O3S/c1-3-9-7(10)6-8-4-5-13(2,11)12/h8H,3-6H2,1-2H3,(H,9,10). The number of sulfone groups is 1. The van der Waals surface area contributed by atoms with Gasteiger partial charge in [-0.3, -0.25) is 4.79 Å². The van der Waals surface area contributed by atoms with E-state index in [1.165, 1.54) is 6.26 Å². The highest BCUT2D eigenvalue weighted by atomic mass is 32.2. The summed E-state index contributed by atoms with van der Waals surface area (Å²) in [7, 11) is -2.93. The van der Waals surface area contributed by atoms with Crippen molar-refractivity contribution in [2.75, 3.05) is 31.6 Å². The van der Waals surface area contributed by atoms with E-state index in [4.69, 9.17) is 0 Å². The van der Waals surface area contributed by atoms with Crippen LogP contribution >= 0.6 is 0 Å². The molecule has 0 rings (SSSR count). The van der Waals surface area contributed by atoms with Crippen molar-refractivity contribution in [3.05, 3.63) is 0 Å². The first-order valence-electron chi connectivity index (χ1n) is 4.11. The van der Waals surface area contributed by atoms with E-state index in [1.807, 2.05) is 6.92 Å². The normalized spacial score (nSPS) is 11.2. The fourth-order valence-corrected chi connectivity index (χ4v) is 1.23. The molecule has 0 saturated carbocycles. The van der Waals surface area contributed by atoms with Crippen molar-refractivity contribution >= 4 is 15.7 Å². The summed E-state index contributed by atoms with van der Waals surface area (Å²) in [6.07, 6.45) is 1.17. The first-order valence-corrected chi connectivity index (χ1v) is 6.17. The maximum atomic E-state index is 10.8. The first-order chi connectivity index (χ1) is 5.95. The lowest BCUT2D eigenvalue weighted by molar-refractivity contribution is -0.120. The SMILES string of the molecule is CCNC(=O)CNCCS(C)(=O)=O. The van der Waals surface area contributed by atoms with Crippen LogP contribution in [-0.4, -0.2) is 46.0 Å². The monoisotopic (exact) mass is 208 g/mol. The van der Waals surface area contributed by atoms with Gasteiger partial charge in [-0.1, -0.05) is 0 Å². The van der Waals surface area contributed by atoms with E-state index >= 15 is 0 Å². The second-order valence-electron chi connectivity index (χ2n) is 2.76. The molecule has 6 heteroatoms. The van der Waals surface area contributed by atoms with Crippen molar-refractivity contribution < 1.29 is 13.2 Å². The maximum Gasteiger partial charge on any atom is 0.233 e. The Hall–Kier alpha value is -0.620. The Kier molecular flexibility index (Phi) is 5.65. The molecule has 0 aromatic carbocycles. The summed E-state index contributed by atoms with van der Waals surface area (Å²) in [6, 6.07) is 0. The van der Waals surface area contributed by atoms with E-state index in [1.54, 1.807) is 0 Å². The average molecular weight is 208 g/mol. The number of likely N-dealkylation sites (N-methyl/N-ethyl adjacent to an activating group) is 1. The molecule has 2 N–H and O–H groups in total. The van der Waals surface area contributed by atoms with Crippen molar-refractivity contribution in [2.45, 2.75) is 6.92 Å². The van der Waals surface area contributed by atoms with Gasteiger partial charge in [0.25, 0.3) is 0 Å². The van der Waals surface area contributed by atoms with Gasteiger partial charge < -0.3 is 10.6 Å². The third-order valence-electron chi connectivity index (χ3n) is 1.31. The quantitative estimate of drug-likeness (QED) is 0.535. The van der Waals surface area contributed by atoms with Gasteiger partial charge in [0, 0.05) is 19.3 Å². The van der Waals surface area contributed by atoms with E-state index in [-0.39, 0.29) is 18.2 Å². The van der Waals surface area contributed by atoms with Gasteiger partial charge in [-0.2, -0.15) is 0 Å². The van der Waals surface area contributed by atoms with Gasteiger partial charge in [-0.15, -0.1) is 0 Å². The molecule has 0 aliphatic heterocycles. The van der Waals surface area contributed by atoms with Gasteiger partial charge in [0.2, 0.25) is 5.91 Å². The minimum Gasteiger partial charge on any atom is -0.355 e. The summed E-state index contributed by atoms with van der Waals surface area (Å²) < 4.78 is 21.3. The van der Waals surface area contributed by atoms with Crippen LogP contribution in [0.25, 0.3) is 0 Å². The highest BCUT2D eigenvalue weighted by Crippen LogP contribution is 1.78. The third-order valence-corrected chi connectivity index (χ3v) is 2.25. The van der Waals surface area contributed by atoms with Gasteiger partial charge in [-0.05, 0) is 6.92 Å². The molecule has 0 aliphatic carbocycles. The smallest absolute Gasteiger partial charge is 0.233 e. The van der Waals surface area contributed by atoms with Crippen LogP contribution in [0.4, 0.5) is 0 Å². The molecular formula is C7H16N2O3S. The molecule has 0 saturated heterocycles. The topological polar surface area (TPSA) is 75.3 Å². The lowest BCUT2D eigenvalue weighted by atomic mass is 10.5. The zero-order valence-corrected chi connectivity index (χ0v) is 8.78. The molecule has 5 nitrogen and oxygen atoms in total. The zero-order valence-electron chi connectivity index (χ0n) is 7.96. The van der Waals surface area contributed by atoms with Crippen LogP contribution in [-0.2, 0) is 14.6 Å². The number of carbonyl (C=O) groups excluding carboxylic acids is 1. The highest BCUT2D eigenvalue weighted by Gasteiger charge is 2.02. The van der Waals surface area contributed by atoms with Crippen LogP contribution in [0.2, 0.25) is 0 Å². The minimum atomic E-state index is -2.93. The van der Waals surface area contributed by atoms with Crippen LogP contribution in [0.1, 0.15) is 6.92 Å². The molecule has 0 fully saturated rings. The van der Waals surface area contributed by atoms with E-state index in [0.717, 1.165) is 0 Å². The lowest BCUT2D eigenvalue weighted by Crippen LogP contribution is -2.35. The van der Waals surface area contributed by atoms with E-state index in [0.29, 0.717) is 13.1 Å². The fourth-order valence-electron chi connectivity index (χ4n) is 0.719. The number of hydrogen-bond donors (Lipinski definition) is 2. The Morgan fingerprint density at radius 3 is 2.46 bits per heavy atom. The fraction of sp³-hybridized carbons (Fsp3) is 0.857. The van der Waals surface area contributed by atoms with Crippen molar-refractivity contribution in [1.82, 2.24) is 10.6 Å². The second-order valence-corrected chi connectivity index (χ2v) is 5.02. The van der Waals surface area contributed by atoms with Gasteiger partial charge in [0.05, 0.1) is 12.3 Å². The number of nitrogens with one attached hydrogen (secondary N) is 2. The summed E-state index contributed by atoms with van der Waals surface area (Å²) >= 11 is 0. The molecule has 78 valence electrons. The number of carbonyl (C=O) groups is 1. The molecular weight excluding hydrogens is 192 g/mol. The van der Waals surface area contributed by atoms with Crippen molar-refractivity contribution in [2.24, 2.45) is 0 Å². The first kappa shape index (κ1) is 12.4. The molecule has 1 amide bonds. The van der Waals surface area contributed by atoms with Crippen molar-refractivity contribution in [3.63, 3.8) is 0 Å². The average Bonchev–Trinajstić information content (AvgIpc) is 1.97. The molecule has 13 heavy (non-hydrogen) atoms. The molecule has 0 unspecified atom stereocenters. The number of hydrogen-bond acceptors (Lipinski definition) is 4. The minimum absolute atomic E-state index is 0.0619. The van der Waals surface area contributed by atoms with Gasteiger partial charge in [-0.25, -0.2) is 8.42 Å². The summed E-state index contributed by atoms with van der Waals surface area (Å²) in [5.74, 6) is -0.0529. The Morgan fingerprint density at radius 1 is 1.38 bits per heavy atom. The van der Waals surface area contributed by atoms with Crippen LogP contribution in [0, 0.1) is 0 Å². The molecule has 0 aliphatic rings. The number of amides is 1. The van der Waals surface area contributed by atoms with E-state index in [9.17, 15) is 13.2 Å². The molecule has 0 atom stereocenters. The second kappa shape index (κ2) is 5.93. The van der Waals surface area contributed by atoms with Gasteiger partial charge in [0.1, 0.15) is 9.84 Å². The third kappa shape index (κ3) is 9.29. The molecule has 0 radical (unpaired) electrons. The summed E-state index contributed by atoms with van der Waals surface area (Å²) in [5, 5.41) is 5.33. The van der Waals surface area contributed by atoms with Crippen LogP contribution < -0.4 is 10.6 Å². The Bertz CT molecular complexity index is 248. The highest BCUT2D eigenvalue weighted by molar-refractivity contribution is 7.90. The van der Waals surface area contributed by atoms with Crippen LogP contribution in [0.15, 0.2) is 0 Å². The van der Waals surface area contributed by atoms with E-state index in [2.05, 4.69) is 10.6 Å². The summed E-state index contributed by atoms with van der Waals surface area (Å²) in [4.78, 5) is 10.8. The Labute approximate surface area is 78.8 Å². The van der Waals surface area contributed by atoms with Crippen molar-refractivity contribution in [3.8, 4) is 0 Å². The molecule has 0 aromatic heterocycles. The maximum absolute atomic E-state index is 10.8. The molecule has 0 aromatic rings. The summed E-state index contributed by atoms with van der Waals surface area (Å²) in [5.41, 5.74) is 0. The predicted octanol–water partition coefficient (Wildman–Crippen LogP) is -1.24. The summed E-state index contributed by atoms with van der Waals surface area (Å²) in [6.45, 7) is 2.90. The Morgan fingerprint density at radius 2 is 2.00 bits per heavy atom. The van der Waals surface area contributed by atoms with Crippen LogP contribution in [0.3, 0.4) is 0 Å². The van der Waals surface area contributed by atoms with Gasteiger partial charge >= 0.3 is 0 Å². The van der Waals surface area contributed by atoms with Crippen LogP contribution in [0.5, 0.6) is 0 Å². The van der Waals surface area contributed by atoms with Crippen molar-refractivity contribution in [1.29, 1.82) is 0 Å². The molecule has 0 spiro atoms. The molecule has 0 heterocycles. The Balaban J connectivity index is 3.41. The molecule has 0 bridgehead atoms. The largest absolute Gasteiger partial charge is 0.355 e. The lowest BCUT2D eigenvalue weighted by Gasteiger charge is -2.03.